The SMILES string of the molecule is [B].[B].c1ccc(P(CCP(c2ccccc2)c2ccccc2)c2ccccc2)cc1. The molecular weight excluding hydrogens is 396 g/mol. The van der Waals surface area contributed by atoms with Crippen molar-refractivity contribution in [2.45, 2.75) is 0 Å². The van der Waals surface area contributed by atoms with Gasteiger partial charge in [0.2, 0.25) is 0 Å². The molecule has 4 aromatic carbocycles. The molecule has 6 radical (unpaired) electrons. The molecule has 0 bridgehead atoms. The molecule has 0 saturated heterocycles. The van der Waals surface area contributed by atoms with Gasteiger partial charge in [0.15, 0.2) is 0 Å². The van der Waals surface area contributed by atoms with Gasteiger partial charge < -0.3 is 0 Å². The Bertz CT molecular complexity index is 803. The van der Waals surface area contributed by atoms with Crippen molar-refractivity contribution in [2.75, 3.05) is 12.3 Å². The van der Waals surface area contributed by atoms with Crippen molar-refractivity contribution < 1.29 is 0 Å². The molecule has 0 N–H and O–H groups in total. The van der Waals surface area contributed by atoms with Gasteiger partial charge in [-0.1, -0.05) is 121 Å². The van der Waals surface area contributed by atoms with Crippen molar-refractivity contribution >= 4 is 53.9 Å². The van der Waals surface area contributed by atoms with Crippen LogP contribution in [0.4, 0.5) is 0 Å². The zero-order valence-corrected chi connectivity index (χ0v) is 18.8. The molecule has 30 heavy (non-hydrogen) atoms. The number of hydrogen-bond acceptors (Lipinski definition) is 0. The molecule has 0 fully saturated rings. The minimum Gasteiger partial charge on any atom is -0.0622 e. The first-order valence-corrected chi connectivity index (χ1v) is 12.7. The van der Waals surface area contributed by atoms with E-state index in [4.69, 9.17) is 0 Å². The first-order valence-electron chi connectivity index (χ1n) is 9.67. The third-order valence-corrected chi connectivity index (χ3v) is 10.2. The van der Waals surface area contributed by atoms with Crippen LogP contribution in [0.15, 0.2) is 121 Å². The maximum absolute atomic E-state index is 2.30. The molecule has 4 rings (SSSR count). The second kappa shape index (κ2) is 12.5. The first kappa shape index (κ1) is 24.1. The molecule has 0 aromatic heterocycles. The molecule has 4 aromatic rings. The van der Waals surface area contributed by atoms with E-state index in [-0.39, 0.29) is 32.7 Å². The average molecular weight is 420 g/mol. The Kier molecular flexibility index (Phi) is 10.1. The predicted molar refractivity (Wildman–Crippen MR) is 139 cm³/mol. The van der Waals surface area contributed by atoms with E-state index in [2.05, 4.69) is 121 Å². The summed E-state index contributed by atoms with van der Waals surface area (Å²) in [4.78, 5) is 0. The van der Waals surface area contributed by atoms with Gasteiger partial charge in [0.1, 0.15) is 0 Å². The second-order valence-corrected chi connectivity index (χ2v) is 11.3. The molecule has 144 valence electrons. The van der Waals surface area contributed by atoms with Crippen molar-refractivity contribution in [1.29, 1.82) is 0 Å². The zero-order chi connectivity index (χ0) is 19.0. The van der Waals surface area contributed by atoms with Crippen LogP contribution in [0.5, 0.6) is 0 Å². The topological polar surface area (TPSA) is 0 Å². The average Bonchev–Trinajstić information content (AvgIpc) is 2.79. The Morgan fingerprint density at radius 3 is 0.733 bits per heavy atom. The minimum atomic E-state index is -0.348. The highest BCUT2D eigenvalue weighted by atomic mass is 31.1. The lowest BCUT2D eigenvalue weighted by atomic mass is 10.4. The van der Waals surface area contributed by atoms with Crippen LogP contribution in [0, 0.1) is 0 Å². The number of benzene rings is 4. The lowest BCUT2D eigenvalue weighted by molar-refractivity contribution is 1.51. The summed E-state index contributed by atoms with van der Waals surface area (Å²) in [7, 11) is -0.696. The zero-order valence-electron chi connectivity index (χ0n) is 17.0. The molecule has 0 unspecified atom stereocenters. The highest BCUT2D eigenvalue weighted by Gasteiger charge is 2.18. The van der Waals surface area contributed by atoms with Gasteiger partial charge in [0.05, 0.1) is 0 Å². The Balaban J connectivity index is 0.00000160. The molecule has 0 amide bonds. The Hall–Kier alpha value is -2.13. The summed E-state index contributed by atoms with van der Waals surface area (Å²) in [6.45, 7) is 0. The van der Waals surface area contributed by atoms with E-state index in [9.17, 15) is 0 Å². The molecule has 0 saturated carbocycles. The molecule has 0 aliphatic carbocycles. The summed E-state index contributed by atoms with van der Waals surface area (Å²) in [6, 6.07) is 44.2. The van der Waals surface area contributed by atoms with E-state index in [0.717, 1.165) is 0 Å². The molecule has 0 heterocycles. The summed E-state index contributed by atoms with van der Waals surface area (Å²) >= 11 is 0. The van der Waals surface area contributed by atoms with Crippen molar-refractivity contribution in [3.63, 3.8) is 0 Å². The van der Waals surface area contributed by atoms with Gasteiger partial charge in [-0.15, -0.1) is 0 Å². The summed E-state index contributed by atoms with van der Waals surface area (Å²) in [5.74, 6) is 0. The summed E-state index contributed by atoms with van der Waals surface area (Å²) in [6.07, 6.45) is 2.41. The van der Waals surface area contributed by atoms with Crippen LogP contribution in [-0.2, 0) is 0 Å². The predicted octanol–water partition coefficient (Wildman–Crippen LogP) is 4.49. The Morgan fingerprint density at radius 2 is 0.533 bits per heavy atom. The molecular formula is C26H24B2P2. The van der Waals surface area contributed by atoms with E-state index >= 15 is 0 Å². The van der Waals surface area contributed by atoms with Crippen LogP contribution in [-0.4, -0.2) is 29.1 Å². The third-order valence-electron chi connectivity index (χ3n) is 4.82. The first-order chi connectivity index (χ1) is 13.9. The van der Waals surface area contributed by atoms with E-state index < -0.39 is 0 Å². The van der Waals surface area contributed by atoms with Gasteiger partial charge in [0.25, 0.3) is 0 Å². The number of hydrogen-bond donors (Lipinski definition) is 0. The van der Waals surface area contributed by atoms with Crippen LogP contribution < -0.4 is 21.2 Å². The number of rotatable bonds is 7. The Labute approximate surface area is 187 Å². The fraction of sp³-hybridized carbons (Fsp3) is 0.0769. The fourth-order valence-electron chi connectivity index (χ4n) is 3.45. The quantitative estimate of drug-likeness (QED) is 0.306. The standard InChI is InChI=1S/C26H24P2.2B/c1-5-13-23(14-6-1)27(24-15-7-2-8-16-24)21-22-28(25-17-9-3-10-18-25)26-19-11-4-12-20-26;;/h1-20H,21-22H2;;. The summed E-state index contributed by atoms with van der Waals surface area (Å²) in [5, 5.41) is 5.89. The normalized spacial score (nSPS) is 10.3. The highest BCUT2D eigenvalue weighted by Crippen LogP contribution is 2.41. The van der Waals surface area contributed by atoms with Gasteiger partial charge in [-0.3, -0.25) is 0 Å². The Morgan fingerprint density at radius 1 is 0.333 bits per heavy atom. The third kappa shape index (κ3) is 6.18. The summed E-state index contributed by atoms with van der Waals surface area (Å²) in [5.41, 5.74) is 0. The molecule has 0 aliphatic rings. The lowest BCUT2D eigenvalue weighted by Crippen LogP contribution is -2.19. The van der Waals surface area contributed by atoms with Gasteiger partial charge >= 0.3 is 0 Å². The maximum atomic E-state index is 2.30. The molecule has 4 heteroatoms. The van der Waals surface area contributed by atoms with Crippen LogP contribution >= 0.6 is 15.8 Å². The van der Waals surface area contributed by atoms with Crippen molar-refractivity contribution in [3.05, 3.63) is 121 Å². The molecule has 0 nitrogen and oxygen atoms in total. The second-order valence-electron chi connectivity index (χ2n) is 6.65. The van der Waals surface area contributed by atoms with Crippen LogP contribution in [0.25, 0.3) is 0 Å². The molecule has 0 spiro atoms. The van der Waals surface area contributed by atoms with Crippen molar-refractivity contribution in [2.24, 2.45) is 0 Å². The maximum Gasteiger partial charge on any atom is 0 e. The van der Waals surface area contributed by atoms with E-state index in [0.29, 0.717) is 0 Å². The van der Waals surface area contributed by atoms with Crippen LogP contribution in [0.3, 0.4) is 0 Å². The van der Waals surface area contributed by atoms with Gasteiger partial charge in [-0.05, 0) is 49.4 Å². The highest BCUT2D eigenvalue weighted by molar-refractivity contribution is 7.76. The molecule has 0 atom stereocenters. The van der Waals surface area contributed by atoms with Crippen molar-refractivity contribution in [3.8, 4) is 0 Å². The fourth-order valence-corrected chi connectivity index (χ4v) is 8.80. The lowest BCUT2D eigenvalue weighted by Gasteiger charge is -2.24. The van der Waals surface area contributed by atoms with Gasteiger partial charge in [-0.2, -0.15) is 0 Å². The monoisotopic (exact) mass is 420 g/mol. The largest absolute Gasteiger partial charge is 0.0622 e. The van der Waals surface area contributed by atoms with E-state index in [1.165, 1.54) is 33.5 Å². The summed E-state index contributed by atoms with van der Waals surface area (Å²) < 4.78 is 0. The minimum absolute atomic E-state index is 0. The van der Waals surface area contributed by atoms with Crippen LogP contribution in [0.1, 0.15) is 0 Å². The smallest absolute Gasteiger partial charge is 0 e. The van der Waals surface area contributed by atoms with Gasteiger partial charge in [-0.25, -0.2) is 0 Å². The van der Waals surface area contributed by atoms with Crippen molar-refractivity contribution in [1.82, 2.24) is 0 Å². The van der Waals surface area contributed by atoms with E-state index in [1.54, 1.807) is 0 Å². The van der Waals surface area contributed by atoms with E-state index in [1.807, 2.05) is 0 Å². The molecule has 0 aliphatic heterocycles. The van der Waals surface area contributed by atoms with Gasteiger partial charge in [0, 0.05) is 16.8 Å². The van der Waals surface area contributed by atoms with Crippen LogP contribution in [0.2, 0.25) is 0 Å².